The minimum Gasteiger partial charge on any atom is -0.393 e. The van der Waals surface area contributed by atoms with Crippen LogP contribution >= 0.6 is 0 Å². The van der Waals surface area contributed by atoms with Crippen molar-refractivity contribution in [2.45, 2.75) is 36.7 Å². The highest BCUT2D eigenvalue weighted by Crippen LogP contribution is 2.45. The molecule has 2 aliphatic heterocycles. The van der Waals surface area contributed by atoms with Crippen molar-refractivity contribution < 1.29 is 13.5 Å². The molecular weight excluding hydrogens is 338 g/mol. The van der Waals surface area contributed by atoms with Crippen LogP contribution in [0, 0.1) is 5.92 Å². The van der Waals surface area contributed by atoms with Gasteiger partial charge in [0.1, 0.15) is 0 Å². The Morgan fingerprint density at radius 2 is 1.96 bits per heavy atom. The highest BCUT2D eigenvalue weighted by molar-refractivity contribution is 7.90. The quantitative estimate of drug-likeness (QED) is 0.904. The molecule has 3 aliphatic rings. The normalized spacial score (nSPS) is 29.4. The van der Waals surface area contributed by atoms with Gasteiger partial charge in [-0.15, -0.1) is 0 Å². The Kier molecular flexibility index (Phi) is 3.36. The van der Waals surface area contributed by atoms with Crippen molar-refractivity contribution in [1.82, 2.24) is 13.9 Å². The summed E-state index contributed by atoms with van der Waals surface area (Å²) in [6.07, 6.45) is 5.14. The number of hydrogen-bond acceptors (Lipinski definition) is 4. The van der Waals surface area contributed by atoms with E-state index in [4.69, 9.17) is 0 Å². The number of aliphatic hydroxyl groups excluding tert-OH is 1. The van der Waals surface area contributed by atoms with Gasteiger partial charge < -0.3 is 9.67 Å². The smallest absolute Gasteiger partial charge is 0.216 e. The van der Waals surface area contributed by atoms with Crippen molar-refractivity contribution in [2.24, 2.45) is 5.92 Å². The van der Waals surface area contributed by atoms with Gasteiger partial charge in [0, 0.05) is 24.6 Å². The lowest BCUT2D eigenvalue weighted by atomic mass is 9.85. The molecule has 1 unspecified atom stereocenters. The first kappa shape index (κ1) is 15.5. The summed E-state index contributed by atoms with van der Waals surface area (Å²) in [6, 6.07) is 8.07. The van der Waals surface area contributed by atoms with Crippen LogP contribution in [0.4, 0.5) is 0 Å². The molecule has 7 heteroatoms. The minimum absolute atomic E-state index is 0.0686. The first-order valence-electron chi connectivity index (χ1n) is 8.85. The molecule has 1 aromatic heterocycles. The summed E-state index contributed by atoms with van der Waals surface area (Å²) in [5, 5.41) is 10.5. The molecule has 1 saturated heterocycles. The second-order valence-electron chi connectivity index (χ2n) is 7.34. The topological polar surface area (TPSA) is 75.4 Å². The lowest BCUT2D eigenvalue weighted by Crippen LogP contribution is -2.49. The summed E-state index contributed by atoms with van der Waals surface area (Å²) in [7, 11) is -3.22. The van der Waals surface area contributed by atoms with Crippen LogP contribution in [0.5, 0.6) is 0 Å². The van der Waals surface area contributed by atoms with E-state index in [1.54, 1.807) is 10.6 Å². The predicted molar refractivity (Wildman–Crippen MR) is 93.4 cm³/mol. The fourth-order valence-electron chi connectivity index (χ4n) is 4.37. The molecule has 25 heavy (non-hydrogen) atoms. The molecule has 1 saturated carbocycles. The van der Waals surface area contributed by atoms with E-state index >= 15 is 0 Å². The van der Waals surface area contributed by atoms with E-state index < -0.39 is 16.1 Å². The van der Waals surface area contributed by atoms with Gasteiger partial charge >= 0.3 is 0 Å². The molecule has 2 aromatic rings. The van der Waals surface area contributed by atoms with E-state index in [0.717, 1.165) is 29.7 Å². The largest absolute Gasteiger partial charge is 0.393 e. The molecule has 1 aromatic carbocycles. The van der Waals surface area contributed by atoms with Crippen LogP contribution < -0.4 is 0 Å². The molecule has 6 nitrogen and oxygen atoms in total. The van der Waals surface area contributed by atoms with Gasteiger partial charge in [0.2, 0.25) is 10.0 Å². The molecule has 3 heterocycles. The maximum absolute atomic E-state index is 12.7. The maximum Gasteiger partial charge on any atom is 0.216 e. The minimum atomic E-state index is -3.22. The molecule has 0 radical (unpaired) electrons. The standard InChI is InChI=1S/C18H21N3O3S/c22-17-7-8-20(25(23,24)12-5-6-12)10-15(17)18-14-4-2-1-3-13(14)16-9-19-11-21(16)18/h1-4,9,11-12,15,17-18,22H,5-8,10H2/t15-,17-,18?/m0/s1. The number of nitrogens with zero attached hydrogens (tertiary/aromatic N) is 3. The first-order valence-corrected chi connectivity index (χ1v) is 10.4. The molecule has 0 spiro atoms. The first-order chi connectivity index (χ1) is 12.1. The van der Waals surface area contributed by atoms with Gasteiger partial charge in [-0.2, -0.15) is 0 Å². The summed E-state index contributed by atoms with van der Waals surface area (Å²) in [5.74, 6) is -0.168. The number of aromatic nitrogens is 2. The third kappa shape index (κ3) is 2.29. The van der Waals surface area contributed by atoms with Crippen LogP contribution in [0.1, 0.15) is 30.9 Å². The average Bonchev–Trinajstić information content (AvgIpc) is 3.29. The number of piperidine rings is 1. The predicted octanol–water partition coefficient (Wildman–Crippen LogP) is 1.63. The molecule has 5 rings (SSSR count). The molecular formula is C18H21N3O3S. The highest BCUT2D eigenvalue weighted by Gasteiger charge is 2.46. The zero-order chi connectivity index (χ0) is 17.2. The van der Waals surface area contributed by atoms with Gasteiger partial charge in [-0.1, -0.05) is 24.3 Å². The molecule has 3 atom stereocenters. The van der Waals surface area contributed by atoms with Crippen LogP contribution in [0.2, 0.25) is 0 Å². The van der Waals surface area contributed by atoms with Gasteiger partial charge in [-0.05, 0) is 24.8 Å². The number of imidazole rings is 1. The summed E-state index contributed by atoms with van der Waals surface area (Å²) < 4.78 is 29.1. The Morgan fingerprint density at radius 1 is 1.16 bits per heavy atom. The van der Waals surface area contributed by atoms with Crippen LogP contribution in [0.3, 0.4) is 0 Å². The van der Waals surface area contributed by atoms with E-state index in [-0.39, 0.29) is 17.2 Å². The number of fused-ring (bicyclic) bond motifs is 3. The Balaban J connectivity index is 1.54. The van der Waals surface area contributed by atoms with E-state index in [1.807, 2.05) is 18.3 Å². The Hall–Kier alpha value is -1.70. The van der Waals surface area contributed by atoms with Crippen molar-refractivity contribution in [3.05, 3.63) is 42.4 Å². The highest BCUT2D eigenvalue weighted by atomic mass is 32.2. The van der Waals surface area contributed by atoms with Gasteiger partial charge in [0.05, 0.1) is 35.6 Å². The fraction of sp³-hybridized carbons (Fsp3) is 0.500. The molecule has 2 fully saturated rings. The lowest BCUT2D eigenvalue weighted by Gasteiger charge is -2.39. The third-order valence-electron chi connectivity index (χ3n) is 5.82. The lowest BCUT2D eigenvalue weighted by molar-refractivity contribution is 0.0356. The second kappa shape index (κ2) is 5.40. The summed E-state index contributed by atoms with van der Waals surface area (Å²) >= 11 is 0. The number of benzene rings is 1. The van der Waals surface area contributed by atoms with Crippen LogP contribution in [-0.2, 0) is 10.0 Å². The monoisotopic (exact) mass is 359 g/mol. The third-order valence-corrected chi connectivity index (χ3v) is 8.18. The van der Waals surface area contributed by atoms with Crippen molar-refractivity contribution in [1.29, 1.82) is 0 Å². The molecule has 1 N–H and O–H groups in total. The number of aliphatic hydroxyl groups is 1. The van der Waals surface area contributed by atoms with E-state index in [1.165, 1.54) is 0 Å². The average molecular weight is 359 g/mol. The van der Waals surface area contributed by atoms with Crippen molar-refractivity contribution in [3.8, 4) is 11.3 Å². The van der Waals surface area contributed by atoms with Crippen LogP contribution in [0.25, 0.3) is 11.3 Å². The maximum atomic E-state index is 12.7. The number of hydrogen-bond donors (Lipinski definition) is 1. The number of rotatable bonds is 3. The summed E-state index contributed by atoms with van der Waals surface area (Å²) in [4.78, 5) is 4.27. The second-order valence-corrected chi connectivity index (χ2v) is 9.55. The summed E-state index contributed by atoms with van der Waals surface area (Å²) in [5.41, 5.74) is 3.31. The van der Waals surface area contributed by atoms with Gasteiger partial charge in [0.15, 0.2) is 0 Å². The zero-order valence-corrected chi connectivity index (χ0v) is 14.6. The molecule has 1 aliphatic carbocycles. The van der Waals surface area contributed by atoms with Crippen molar-refractivity contribution in [2.75, 3.05) is 13.1 Å². The molecule has 0 amide bonds. The number of sulfonamides is 1. The van der Waals surface area contributed by atoms with Crippen molar-refractivity contribution in [3.63, 3.8) is 0 Å². The Bertz CT molecular complexity index is 919. The Labute approximate surface area is 147 Å². The van der Waals surface area contributed by atoms with Crippen molar-refractivity contribution >= 4 is 10.0 Å². The van der Waals surface area contributed by atoms with E-state index in [0.29, 0.717) is 19.5 Å². The van der Waals surface area contributed by atoms with E-state index in [9.17, 15) is 13.5 Å². The SMILES string of the molecule is O=S(=O)(C1CC1)N1CC[C@H](O)[C@@H](C2c3ccccc3-c3cncn32)C1. The van der Waals surface area contributed by atoms with E-state index in [2.05, 4.69) is 21.7 Å². The van der Waals surface area contributed by atoms with Gasteiger partial charge in [-0.3, -0.25) is 0 Å². The zero-order valence-electron chi connectivity index (χ0n) is 13.8. The van der Waals surface area contributed by atoms with Crippen LogP contribution in [0.15, 0.2) is 36.8 Å². The molecule has 0 bridgehead atoms. The van der Waals surface area contributed by atoms with Gasteiger partial charge in [-0.25, -0.2) is 17.7 Å². The van der Waals surface area contributed by atoms with Crippen LogP contribution in [-0.4, -0.2) is 51.8 Å². The Morgan fingerprint density at radius 3 is 2.76 bits per heavy atom. The van der Waals surface area contributed by atoms with Gasteiger partial charge in [0.25, 0.3) is 0 Å². The molecule has 132 valence electrons. The summed E-state index contributed by atoms with van der Waals surface area (Å²) in [6.45, 7) is 0.790. The fourth-order valence-corrected chi connectivity index (χ4v) is 6.26.